The van der Waals surface area contributed by atoms with E-state index in [0.29, 0.717) is 5.56 Å². The van der Waals surface area contributed by atoms with E-state index in [0.717, 1.165) is 3.97 Å². The lowest BCUT2D eigenvalue weighted by Crippen LogP contribution is -2.28. The quantitative estimate of drug-likeness (QED) is 0.776. The van der Waals surface area contributed by atoms with Crippen LogP contribution in [0.1, 0.15) is 19.4 Å². The summed E-state index contributed by atoms with van der Waals surface area (Å²) in [5, 5.41) is 0. The first kappa shape index (κ1) is 17.3. The molecule has 0 fully saturated rings. The summed E-state index contributed by atoms with van der Waals surface area (Å²) in [7, 11) is -3.94. The van der Waals surface area contributed by atoms with Gasteiger partial charge in [0, 0.05) is 29.7 Å². The van der Waals surface area contributed by atoms with Crippen LogP contribution >= 0.6 is 0 Å². The lowest BCUT2D eigenvalue weighted by atomic mass is 9.98. The maximum atomic E-state index is 14.3. The third-order valence-corrected chi connectivity index (χ3v) is 5.53. The topological polar surface area (TPSA) is 78.0 Å². The number of pyridine rings is 1. The second-order valence-corrected chi connectivity index (χ2v) is 8.12. The first-order chi connectivity index (χ1) is 11.7. The molecule has 0 aliphatic rings. The van der Waals surface area contributed by atoms with Gasteiger partial charge in [-0.15, -0.1) is 0 Å². The molecule has 0 spiro atoms. The third-order valence-electron chi connectivity index (χ3n) is 3.87. The van der Waals surface area contributed by atoms with Gasteiger partial charge >= 0.3 is 0 Å². The van der Waals surface area contributed by atoms with Crippen molar-refractivity contribution in [2.24, 2.45) is 5.73 Å². The SMILES string of the molecule is CC(C)(N)c1cc(-c2ccccc2F)n(S(=O)(=O)c2cccnc2)c1. The summed E-state index contributed by atoms with van der Waals surface area (Å²) in [5.41, 5.74) is 6.33. The molecule has 0 aliphatic heterocycles. The fourth-order valence-corrected chi connectivity index (χ4v) is 3.81. The summed E-state index contributed by atoms with van der Waals surface area (Å²) in [6, 6.07) is 10.6. The van der Waals surface area contributed by atoms with Crippen LogP contribution in [-0.2, 0) is 15.6 Å². The second kappa shape index (κ2) is 6.09. The molecule has 2 aromatic heterocycles. The smallest absolute Gasteiger partial charge is 0.269 e. The van der Waals surface area contributed by atoms with Crippen molar-refractivity contribution in [1.82, 2.24) is 8.96 Å². The molecule has 0 atom stereocenters. The van der Waals surface area contributed by atoms with E-state index in [-0.39, 0.29) is 16.2 Å². The van der Waals surface area contributed by atoms with Crippen molar-refractivity contribution in [2.75, 3.05) is 0 Å². The zero-order valence-electron chi connectivity index (χ0n) is 13.8. The van der Waals surface area contributed by atoms with Crippen LogP contribution in [0, 0.1) is 5.82 Å². The Morgan fingerprint density at radius 2 is 1.88 bits per heavy atom. The van der Waals surface area contributed by atoms with Gasteiger partial charge in [-0.05, 0) is 49.7 Å². The third kappa shape index (κ3) is 3.20. The highest BCUT2D eigenvalue weighted by Gasteiger charge is 2.26. The van der Waals surface area contributed by atoms with Gasteiger partial charge in [0.2, 0.25) is 0 Å². The fraction of sp³-hybridized carbons (Fsp3) is 0.167. The number of rotatable bonds is 4. The van der Waals surface area contributed by atoms with E-state index in [2.05, 4.69) is 4.98 Å². The zero-order chi connectivity index (χ0) is 18.2. The Labute approximate surface area is 146 Å². The first-order valence-corrected chi connectivity index (χ1v) is 9.07. The van der Waals surface area contributed by atoms with Crippen LogP contribution in [0.4, 0.5) is 4.39 Å². The Balaban J connectivity index is 2.30. The summed E-state index contributed by atoms with van der Waals surface area (Å²) in [6.07, 6.45) is 4.18. The minimum absolute atomic E-state index is 0.0181. The molecule has 2 heterocycles. The van der Waals surface area contributed by atoms with Crippen molar-refractivity contribution in [1.29, 1.82) is 0 Å². The average molecular weight is 359 g/mol. The molecule has 3 aromatic rings. The van der Waals surface area contributed by atoms with Crippen molar-refractivity contribution in [2.45, 2.75) is 24.3 Å². The van der Waals surface area contributed by atoms with E-state index >= 15 is 0 Å². The molecule has 3 rings (SSSR count). The Morgan fingerprint density at radius 1 is 1.16 bits per heavy atom. The second-order valence-electron chi connectivity index (χ2n) is 6.31. The Bertz CT molecular complexity index is 1010. The molecule has 25 heavy (non-hydrogen) atoms. The lowest BCUT2D eigenvalue weighted by Gasteiger charge is -2.16. The zero-order valence-corrected chi connectivity index (χ0v) is 14.7. The first-order valence-electron chi connectivity index (χ1n) is 7.63. The van der Waals surface area contributed by atoms with Crippen LogP contribution in [0.5, 0.6) is 0 Å². The van der Waals surface area contributed by atoms with E-state index in [1.165, 1.54) is 42.9 Å². The normalized spacial score (nSPS) is 12.3. The molecular weight excluding hydrogens is 341 g/mol. The van der Waals surface area contributed by atoms with Crippen LogP contribution in [0.15, 0.2) is 66.0 Å². The van der Waals surface area contributed by atoms with Gasteiger partial charge in [0.25, 0.3) is 10.0 Å². The van der Waals surface area contributed by atoms with Gasteiger partial charge in [-0.1, -0.05) is 12.1 Å². The molecule has 0 saturated heterocycles. The maximum Gasteiger partial charge on any atom is 0.269 e. The minimum atomic E-state index is -3.94. The van der Waals surface area contributed by atoms with E-state index in [1.54, 1.807) is 32.0 Å². The molecule has 130 valence electrons. The largest absolute Gasteiger partial charge is 0.322 e. The summed E-state index contributed by atoms with van der Waals surface area (Å²) in [6.45, 7) is 3.52. The molecule has 2 N–H and O–H groups in total. The molecule has 0 bridgehead atoms. The summed E-state index contributed by atoms with van der Waals surface area (Å²) in [4.78, 5) is 3.88. The highest BCUT2D eigenvalue weighted by molar-refractivity contribution is 7.90. The molecule has 0 unspecified atom stereocenters. The maximum absolute atomic E-state index is 14.3. The van der Waals surface area contributed by atoms with Crippen LogP contribution in [0.3, 0.4) is 0 Å². The molecule has 0 radical (unpaired) electrons. The van der Waals surface area contributed by atoms with Crippen molar-refractivity contribution >= 4 is 10.0 Å². The van der Waals surface area contributed by atoms with Gasteiger partial charge in [-0.3, -0.25) is 4.98 Å². The molecule has 0 aliphatic carbocycles. The number of hydrogen-bond acceptors (Lipinski definition) is 4. The summed E-state index contributed by atoms with van der Waals surface area (Å²) in [5.74, 6) is -0.510. The van der Waals surface area contributed by atoms with Crippen molar-refractivity contribution < 1.29 is 12.8 Å². The highest BCUT2D eigenvalue weighted by atomic mass is 32.2. The predicted molar refractivity (Wildman–Crippen MR) is 93.9 cm³/mol. The van der Waals surface area contributed by atoms with Gasteiger partial charge in [0.15, 0.2) is 0 Å². The van der Waals surface area contributed by atoms with Gasteiger partial charge in [0.05, 0.1) is 5.69 Å². The van der Waals surface area contributed by atoms with Gasteiger partial charge in [-0.2, -0.15) is 0 Å². The van der Waals surface area contributed by atoms with E-state index in [9.17, 15) is 12.8 Å². The van der Waals surface area contributed by atoms with Gasteiger partial charge < -0.3 is 5.73 Å². The Kier molecular flexibility index (Phi) is 4.22. The molecule has 1 aromatic carbocycles. The highest BCUT2D eigenvalue weighted by Crippen LogP contribution is 2.31. The summed E-state index contributed by atoms with van der Waals surface area (Å²) >= 11 is 0. The van der Waals surface area contributed by atoms with Crippen LogP contribution in [0.2, 0.25) is 0 Å². The summed E-state index contributed by atoms with van der Waals surface area (Å²) < 4.78 is 41.4. The molecule has 0 amide bonds. The number of halogens is 1. The molecule has 7 heteroatoms. The van der Waals surface area contributed by atoms with Gasteiger partial charge in [-0.25, -0.2) is 16.8 Å². The van der Waals surface area contributed by atoms with Crippen molar-refractivity contribution in [3.63, 3.8) is 0 Å². The number of nitrogens with two attached hydrogens (primary N) is 1. The van der Waals surface area contributed by atoms with E-state index < -0.39 is 21.4 Å². The van der Waals surface area contributed by atoms with E-state index in [4.69, 9.17) is 5.73 Å². The average Bonchev–Trinajstić information content (AvgIpc) is 3.02. The molecule has 0 saturated carbocycles. The molecular formula is C18H18FN3O2S. The van der Waals surface area contributed by atoms with E-state index in [1.807, 2.05) is 0 Å². The van der Waals surface area contributed by atoms with Crippen molar-refractivity contribution in [3.05, 3.63) is 72.4 Å². The van der Waals surface area contributed by atoms with Crippen LogP contribution < -0.4 is 5.73 Å². The minimum Gasteiger partial charge on any atom is -0.322 e. The fourth-order valence-electron chi connectivity index (χ4n) is 2.47. The Hall–Kier alpha value is -2.51. The van der Waals surface area contributed by atoms with Crippen LogP contribution in [0.25, 0.3) is 11.3 Å². The lowest BCUT2D eigenvalue weighted by molar-refractivity contribution is 0.554. The predicted octanol–water partition coefficient (Wildman–Crippen LogP) is 3.12. The van der Waals surface area contributed by atoms with Crippen molar-refractivity contribution in [3.8, 4) is 11.3 Å². The van der Waals surface area contributed by atoms with Crippen LogP contribution in [-0.4, -0.2) is 17.4 Å². The number of nitrogens with zero attached hydrogens (tertiary/aromatic N) is 2. The number of aromatic nitrogens is 2. The van der Waals surface area contributed by atoms with Gasteiger partial charge in [0.1, 0.15) is 10.7 Å². The standard InChI is InChI=1S/C18H18FN3O2S/c1-18(2,20)13-10-17(15-7-3-4-8-16(15)19)22(12-13)25(23,24)14-6-5-9-21-11-14/h3-12H,20H2,1-2H3. The number of hydrogen-bond donors (Lipinski definition) is 1. The number of benzene rings is 1. The monoisotopic (exact) mass is 359 g/mol. The Morgan fingerprint density at radius 3 is 2.48 bits per heavy atom. The molecule has 5 nitrogen and oxygen atoms in total.